The molecule has 0 aliphatic rings. The number of nitrogens with zero attached hydrogens (tertiary/aromatic N) is 1. The summed E-state index contributed by atoms with van der Waals surface area (Å²) in [7, 11) is -5.17. The van der Waals surface area contributed by atoms with E-state index in [1.165, 1.54) is 5.16 Å². The van der Waals surface area contributed by atoms with E-state index >= 15 is 0 Å². The molecule has 0 aromatic carbocycles. The molecule has 0 atom stereocenters. The number of hydrogen-bond donors (Lipinski definition) is 2. The SMILES string of the molecule is O=S(=O)([O-])[O-].O=S(O)O.[Br-].[K+].[K+].[N-]=C=S.[Na+].[Na+]. The first kappa shape index (κ1) is 49.5. The first-order chi connectivity index (χ1) is 5.15. The van der Waals surface area contributed by atoms with Gasteiger partial charge >= 0.3 is 162 Å². The molecule has 17 heavy (non-hydrogen) atoms. The second kappa shape index (κ2) is 37.6. The predicted molar refractivity (Wildman–Crippen MR) is 39.8 cm³/mol. The van der Waals surface area contributed by atoms with Gasteiger partial charge in [0.15, 0.2) is 0 Å². The molecule has 0 heterocycles. The summed E-state index contributed by atoms with van der Waals surface area (Å²) < 4.78 is 56.9. The van der Waals surface area contributed by atoms with E-state index in [1.54, 1.807) is 0 Å². The van der Waals surface area contributed by atoms with Gasteiger partial charge in [0.05, 0.1) is 0 Å². The van der Waals surface area contributed by atoms with E-state index in [0.717, 1.165) is 0 Å². The standard InChI is InChI=1S/CNS.BrH.2K.2Na.H2O4S.H2O3S/c2-1-3;;;;;;1-5(2,3)4;1-4(2)3/h;1H;;;;;(H2,1,2,3,4);(H2,1,2,3)/q-1;;4*+1;;/p-3. The summed E-state index contributed by atoms with van der Waals surface area (Å²) in [6.07, 6.45) is 0. The van der Waals surface area contributed by atoms with Crippen molar-refractivity contribution in [2.45, 2.75) is 0 Å². The number of thiocarbonyl (C=S) groups is 1. The average Bonchev–Trinajstić information content (AvgIpc) is 1.56. The maximum atomic E-state index is 8.67. The quantitative estimate of drug-likeness (QED) is 0.0938. The predicted octanol–water partition coefficient (Wildman–Crippen LogP) is -16.0. The second-order valence-electron chi connectivity index (χ2n) is 0.730. The molecule has 0 amide bonds. The minimum absolute atomic E-state index is 0. The summed E-state index contributed by atoms with van der Waals surface area (Å²) in [5.41, 5.74) is 0. The van der Waals surface area contributed by atoms with Crippen LogP contribution in [0.1, 0.15) is 0 Å². The van der Waals surface area contributed by atoms with Gasteiger partial charge in [-0.3, -0.25) is 17.5 Å². The van der Waals surface area contributed by atoms with Crippen LogP contribution in [-0.4, -0.2) is 36.0 Å². The molecule has 0 radical (unpaired) electrons. The van der Waals surface area contributed by atoms with Gasteiger partial charge in [-0.1, -0.05) is 12.2 Å². The fraction of sp³-hybridized carbons (Fsp3) is 0. The van der Waals surface area contributed by atoms with Gasteiger partial charge in [0.2, 0.25) is 0 Å². The first-order valence-electron chi connectivity index (χ1n) is 1.63. The van der Waals surface area contributed by atoms with Crippen molar-refractivity contribution >= 4 is 39.1 Å². The molecule has 8 nitrogen and oxygen atoms in total. The van der Waals surface area contributed by atoms with Gasteiger partial charge in [-0.25, -0.2) is 0 Å². The largest absolute Gasteiger partial charge is 1.00 e. The van der Waals surface area contributed by atoms with Crippen LogP contribution in [0.2, 0.25) is 0 Å². The average molecular weight is 440 g/mol. The minimum atomic E-state index is -5.17. The van der Waals surface area contributed by atoms with Crippen LogP contribution in [0.15, 0.2) is 0 Å². The van der Waals surface area contributed by atoms with Crippen LogP contribution in [0.25, 0.3) is 5.41 Å². The van der Waals surface area contributed by atoms with Crippen LogP contribution in [-0.2, 0) is 21.8 Å². The van der Waals surface area contributed by atoms with E-state index in [1.807, 2.05) is 0 Å². The Hall–Kier alpha value is 5.49. The molecule has 0 saturated carbocycles. The summed E-state index contributed by atoms with van der Waals surface area (Å²) in [5, 5.41) is 8.47. The monoisotopic (exact) mass is 439 g/mol. The summed E-state index contributed by atoms with van der Waals surface area (Å²) >= 11 is 1.09. The zero-order valence-electron chi connectivity index (χ0n) is 9.49. The Morgan fingerprint density at radius 3 is 1.18 bits per heavy atom. The van der Waals surface area contributed by atoms with Crippen LogP contribution >= 0.6 is 12.2 Å². The van der Waals surface area contributed by atoms with Gasteiger partial charge in [0.25, 0.3) is 11.4 Å². The molecule has 0 aliphatic carbocycles. The van der Waals surface area contributed by atoms with Crippen molar-refractivity contribution < 1.29 is 210 Å². The van der Waals surface area contributed by atoms with Gasteiger partial charge < -0.3 is 31.5 Å². The van der Waals surface area contributed by atoms with Crippen molar-refractivity contribution in [1.29, 1.82) is 0 Å². The van der Waals surface area contributed by atoms with Gasteiger partial charge in [-0.2, -0.15) is 9.37 Å². The molecule has 0 unspecified atom stereocenters. The Morgan fingerprint density at radius 2 is 1.18 bits per heavy atom. The second-order valence-corrected chi connectivity index (χ2v) is 2.19. The van der Waals surface area contributed by atoms with E-state index in [0.29, 0.717) is 0 Å². The Balaban J connectivity index is -0.0000000106. The van der Waals surface area contributed by atoms with Crippen LogP contribution in [0.3, 0.4) is 0 Å². The normalized spacial score (nSPS) is 5.94. The molecule has 0 bridgehead atoms. The zero-order chi connectivity index (χ0) is 10.8. The van der Waals surface area contributed by atoms with Crippen molar-refractivity contribution in [3.63, 3.8) is 0 Å². The summed E-state index contributed by atoms with van der Waals surface area (Å²) in [5.74, 6) is 0. The summed E-state index contributed by atoms with van der Waals surface area (Å²) in [6.45, 7) is 0. The molecule has 0 aromatic heterocycles. The topological polar surface area (TPSA) is 160 Å². The summed E-state index contributed by atoms with van der Waals surface area (Å²) in [6, 6.07) is 0. The fourth-order valence-electron chi connectivity index (χ4n) is 0. The van der Waals surface area contributed by atoms with Crippen molar-refractivity contribution in [2.75, 3.05) is 0 Å². The minimum Gasteiger partial charge on any atom is -1.00 e. The van der Waals surface area contributed by atoms with Gasteiger partial charge in [0, 0.05) is 10.4 Å². The first-order valence-corrected chi connectivity index (χ1v) is 4.43. The third-order valence-electron chi connectivity index (χ3n) is 0. The molecule has 0 rings (SSSR count). The Bertz CT molecular complexity index is 246. The van der Waals surface area contributed by atoms with E-state index in [9.17, 15) is 0 Å². The number of halogens is 1. The summed E-state index contributed by atoms with van der Waals surface area (Å²) in [4.78, 5) is 0. The van der Waals surface area contributed by atoms with E-state index in [2.05, 4.69) is 12.2 Å². The third kappa shape index (κ3) is 271. The van der Waals surface area contributed by atoms with Crippen LogP contribution in [0.4, 0.5) is 0 Å². The molecular formula is CH2BrK2NNa2O7S3. The third-order valence-corrected chi connectivity index (χ3v) is 0. The van der Waals surface area contributed by atoms with Gasteiger partial charge in [-0.05, 0) is 0 Å². The Labute approximate surface area is 247 Å². The maximum Gasteiger partial charge on any atom is 1.00 e. The van der Waals surface area contributed by atoms with Crippen molar-refractivity contribution in [2.24, 2.45) is 0 Å². The van der Waals surface area contributed by atoms with Gasteiger partial charge in [-0.15, -0.1) is 0 Å². The maximum absolute atomic E-state index is 8.67. The molecular weight excluding hydrogens is 438 g/mol. The van der Waals surface area contributed by atoms with Crippen LogP contribution < -0.4 is 179 Å². The van der Waals surface area contributed by atoms with Crippen LogP contribution in [0, 0.1) is 0 Å². The molecule has 2 N–H and O–H groups in total. The number of rotatable bonds is 0. The molecule has 0 fully saturated rings. The molecule has 0 spiro atoms. The van der Waals surface area contributed by atoms with Crippen molar-refractivity contribution in [3.05, 3.63) is 5.41 Å². The Kier molecular flexibility index (Phi) is 109. The molecule has 0 saturated heterocycles. The number of isothiocyanates is 1. The smallest absolute Gasteiger partial charge is 1.00 e. The molecule has 0 aliphatic heterocycles. The zero-order valence-corrected chi connectivity index (χ0v) is 23.8. The Morgan fingerprint density at radius 1 is 1.18 bits per heavy atom. The molecule has 82 valence electrons. The van der Waals surface area contributed by atoms with Gasteiger partial charge in [0.1, 0.15) is 0 Å². The molecule has 16 heteroatoms. The van der Waals surface area contributed by atoms with E-state index in [-0.39, 0.29) is 179 Å². The van der Waals surface area contributed by atoms with Crippen LogP contribution in [0.5, 0.6) is 0 Å². The fourth-order valence-corrected chi connectivity index (χ4v) is 0. The molecule has 0 aromatic rings. The van der Waals surface area contributed by atoms with E-state index < -0.39 is 21.8 Å². The van der Waals surface area contributed by atoms with Crippen molar-refractivity contribution in [1.82, 2.24) is 0 Å². The number of hydrogen-bond acceptors (Lipinski definition) is 6. The van der Waals surface area contributed by atoms with Crippen molar-refractivity contribution in [3.8, 4) is 0 Å². The van der Waals surface area contributed by atoms with E-state index in [4.69, 9.17) is 36.2 Å².